The quantitative estimate of drug-likeness (QED) is 0.534. The molecule has 0 saturated carbocycles. The minimum absolute atomic E-state index is 0.110. The Kier molecular flexibility index (Phi) is 6.30. The second-order valence-corrected chi connectivity index (χ2v) is 10.4. The molecule has 8 heteroatoms. The van der Waals surface area contributed by atoms with Gasteiger partial charge in [0.2, 0.25) is 5.91 Å². The summed E-state index contributed by atoms with van der Waals surface area (Å²) in [6, 6.07) is 5.99. The summed E-state index contributed by atoms with van der Waals surface area (Å²) in [4.78, 5) is 41.7. The van der Waals surface area contributed by atoms with Crippen molar-refractivity contribution >= 4 is 61.7 Å². The zero-order valence-electron chi connectivity index (χ0n) is 17.9. The fourth-order valence-electron chi connectivity index (χ4n) is 4.31. The van der Waals surface area contributed by atoms with Crippen molar-refractivity contribution < 1.29 is 14.4 Å². The van der Waals surface area contributed by atoms with Crippen LogP contribution in [0.2, 0.25) is 0 Å². The number of hydrogen-bond acceptors (Lipinski definition) is 4. The minimum Gasteiger partial charge on any atom is -0.338 e. The molecule has 31 heavy (non-hydrogen) atoms. The van der Waals surface area contributed by atoms with E-state index in [1.807, 2.05) is 47.7 Å². The fraction of sp³-hybridized carbons (Fsp3) is 0.435. The normalized spacial score (nSPS) is 21.2. The second-order valence-electron chi connectivity index (χ2n) is 8.45. The monoisotopic (exact) mass is 503 g/mol. The van der Waals surface area contributed by atoms with Gasteiger partial charge in [0.15, 0.2) is 0 Å². The summed E-state index contributed by atoms with van der Waals surface area (Å²) in [6.07, 6.45) is 6.94. The van der Waals surface area contributed by atoms with Gasteiger partial charge >= 0.3 is 0 Å². The molecule has 0 bridgehead atoms. The van der Waals surface area contributed by atoms with Gasteiger partial charge in [-0.3, -0.25) is 19.3 Å². The van der Waals surface area contributed by atoms with Crippen molar-refractivity contribution in [3.63, 3.8) is 0 Å². The first-order chi connectivity index (χ1) is 14.8. The maximum Gasteiger partial charge on any atom is 0.293 e. The van der Waals surface area contributed by atoms with Crippen LogP contribution in [0.1, 0.15) is 45.6 Å². The van der Waals surface area contributed by atoms with Gasteiger partial charge in [-0.15, -0.1) is 0 Å². The number of imide groups is 1. The average molecular weight is 504 g/mol. The second kappa shape index (κ2) is 8.82. The Hall–Kier alpha value is -2.06. The maximum absolute atomic E-state index is 13.0. The van der Waals surface area contributed by atoms with Crippen LogP contribution in [0.3, 0.4) is 0 Å². The van der Waals surface area contributed by atoms with Gasteiger partial charge in [0.25, 0.3) is 11.1 Å². The Morgan fingerprint density at radius 1 is 1.29 bits per heavy atom. The number of aromatic nitrogens is 1. The van der Waals surface area contributed by atoms with Crippen molar-refractivity contribution in [1.82, 2.24) is 14.4 Å². The van der Waals surface area contributed by atoms with E-state index in [0.29, 0.717) is 4.91 Å². The SMILES string of the molecule is CC(C)N1C(=O)S/C(=C\c2cn(CC(=O)N3CCCC[C@H]3C)c3ccc(Br)cc23)C1=O. The lowest BCUT2D eigenvalue weighted by Crippen LogP contribution is -2.43. The molecule has 2 aromatic rings. The molecule has 0 radical (unpaired) electrons. The van der Waals surface area contributed by atoms with Crippen LogP contribution >= 0.6 is 27.7 Å². The van der Waals surface area contributed by atoms with Gasteiger partial charge in [-0.2, -0.15) is 0 Å². The Morgan fingerprint density at radius 2 is 2.06 bits per heavy atom. The maximum atomic E-state index is 13.0. The summed E-state index contributed by atoms with van der Waals surface area (Å²) in [7, 11) is 0. The molecule has 0 N–H and O–H groups in total. The van der Waals surface area contributed by atoms with Crippen molar-refractivity contribution in [3.05, 3.63) is 39.3 Å². The molecule has 0 unspecified atom stereocenters. The van der Waals surface area contributed by atoms with Gasteiger partial charge < -0.3 is 9.47 Å². The third-order valence-corrected chi connectivity index (χ3v) is 7.31. The molecule has 1 aromatic heterocycles. The van der Waals surface area contributed by atoms with Crippen LogP contribution in [-0.2, 0) is 16.1 Å². The Morgan fingerprint density at radius 3 is 2.74 bits per heavy atom. The predicted molar refractivity (Wildman–Crippen MR) is 128 cm³/mol. The van der Waals surface area contributed by atoms with Crippen LogP contribution in [0.5, 0.6) is 0 Å². The molecular formula is C23H26BrN3O3S. The molecule has 164 valence electrons. The zero-order valence-corrected chi connectivity index (χ0v) is 20.3. The first kappa shape index (κ1) is 22.1. The number of rotatable bonds is 4. The van der Waals surface area contributed by atoms with E-state index in [1.165, 1.54) is 11.3 Å². The predicted octanol–water partition coefficient (Wildman–Crippen LogP) is 5.25. The smallest absolute Gasteiger partial charge is 0.293 e. The van der Waals surface area contributed by atoms with Gasteiger partial charge in [0, 0.05) is 45.8 Å². The number of hydrogen-bond donors (Lipinski definition) is 0. The van der Waals surface area contributed by atoms with Crippen LogP contribution in [0, 0.1) is 0 Å². The van der Waals surface area contributed by atoms with Crippen LogP contribution < -0.4 is 0 Å². The van der Waals surface area contributed by atoms with Gasteiger partial charge in [0.1, 0.15) is 6.54 Å². The van der Waals surface area contributed by atoms with Crippen molar-refractivity contribution in [2.24, 2.45) is 0 Å². The summed E-state index contributed by atoms with van der Waals surface area (Å²) in [5.74, 6) is -0.155. The van der Waals surface area contributed by atoms with E-state index in [9.17, 15) is 14.4 Å². The zero-order chi connectivity index (χ0) is 22.3. The third-order valence-electron chi connectivity index (χ3n) is 5.93. The first-order valence-electron chi connectivity index (χ1n) is 10.6. The van der Waals surface area contributed by atoms with Gasteiger partial charge in [-0.05, 0) is 76.1 Å². The Labute approximate surface area is 194 Å². The molecule has 2 saturated heterocycles. The van der Waals surface area contributed by atoms with Crippen LogP contribution in [-0.4, -0.2) is 50.0 Å². The number of benzene rings is 1. The highest BCUT2D eigenvalue weighted by Gasteiger charge is 2.36. The molecular weight excluding hydrogens is 478 g/mol. The van der Waals surface area contributed by atoms with E-state index in [-0.39, 0.29) is 35.7 Å². The summed E-state index contributed by atoms with van der Waals surface area (Å²) in [5.41, 5.74) is 1.75. The van der Waals surface area contributed by atoms with Crippen LogP contribution in [0.15, 0.2) is 33.8 Å². The molecule has 1 aromatic carbocycles. The van der Waals surface area contributed by atoms with E-state index in [1.54, 1.807) is 6.08 Å². The number of amides is 3. The topological polar surface area (TPSA) is 62.6 Å². The number of likely N-dealkylation sites (tertiary alicyclic amines) is 1. The van der Waals surface area contributed by atoms with Crippen LogP contribution in [0.4, 0.5) is 4.79 Å². The lowest BCUT2D eigenvalue weighted by Gasteiger charge is -2.33. The molecule has 0 spiro atoms. The van der Waals surface area contributed by atoms with Gasteiger partial charge in [-0.1, -0.05) is 15.9 Å². The molecule has 2 aliphatic rings. The van der Waals surface area contributed by atoms with Gasteiger partial charge in [0.05, 0.1) is 4.91 Å². The highest BCUT2D eigenvalue weighted by molar-refractivity contribution is 9.10. The summed E-state index contributed by atoms with van der Waals surface area (Å²) >= 11 is 4.49. The van der Waals surface area contributed by atoms with Crippen molar-refractivity contribution in [3.8, 4) is 0 Å². The van der Waals surface area contributed by atoms with E-state index < -0.39 is 0 Å². The Bertz CT molecular complexity index is 1090. The van der Waals surface area contributed by atoms with Crippen LogP contribution in [0.25, 0.3) is 17.0 Å². The van der Waals surface area contributed by atoms with Gasteiger partial charge in [-0.25, -0.2) is 0 Å². The van der Waals surface area contributed by atoms with Crippen molar-refractivity contribution in [2.45, 2.75) is 58.7 Å². The molecule has 6 nitrogen and oxygen atoms in total. The molecule has 3 amide bonds. The standard InChI is InChI=1S/C23H26BrN3O3S/c1-14(2)27-22(29)20(31-23(27)30)10-16-12-25(19-8-7-17(24)11-18(16)19)13-21(28)26-9-5-4-6-15(26)3/h7-8,10-12,14-15H,4-6,9,13H2,1-3H3/b20-10-/t15-/m1/s1. The van der Waals surface area contributed by atoms with E-state index in [0.717, 1.165) is 52.1 Å². The average Bonchev–Trinajstić information content (AvgIpc) is 3.18. The summed E-state index contributed by atoms with van der Waals surface area (Å²) in [5, 5.41) is 0.690. The highest BCUT2D eigenvalue weighted by Crippen LogP contribution is 2.35. The third kappa shape index (κ3) is 4.32. The largest absolute Gasteiger partial charge is 0.338 e. The summed E-state index contributed by atoms with van der Waals surface area (Å²) in [6.45, 7) is 6.83. The molecule has 3 heterocycles. The number of carbonyl (C=O) groups excluding carboxylic acids is 3. The molecule has 0 aliphatic carbocycles. The molecule has 4 rings (SSSR count). The number of halogens is 1. The fourth-order valence-corrected chi connectivity index (χ4v) is 5.63. The van der Waals surface area contributed by atoms with E-state index >= 15 is 0 Å². The number of fused-ring (bicyclic) bond motifs is 1. The molecule has 2 aliphatic heterocycles. The number of nitrogens with zero attached hydrogens (tertiary/aromatic N) is 3. The lowest BCUT2D eigenvalue weighted by atomic mass is 10.0. The summed E-state index contributed by atoms with van der Waals surface area (Å²) < 4.78 is 2.86. The minimum atomic E-state index is -0.265. The van der Waals surface area contributed by atoms with E-state index in [2.05, 4.69) is 22.9 Å². The van der Waals surface area contributed by atoms with Crippen molar-refractivity contribution in [2.75, 3.05) is 6.54 Å². The lowest BCUT2D eigenvalue weighted by molar-refractivity contribution is -0.135. The molecule has 1 atom stereocenters. The highest BCUT2D eigenvalue weighted by atomic mass is 79.9. The first-order valence-corrected chi connectivity index (χ1v) is 12.2. The van der Waals surface area contributed by atoms with Crippen molar-refractivity contribution in [1.29, 1.82) is 0 Å². The number of piperidine rings is 1. The number of carbonyl (C=O) groups is 3. The van der Waals surface area contributed by atoms with E-state index in [4.69, 9.17) is 0 Å². The number of thioether (sulfide) groups is 1. The molecule has 2 fully saturated rings. The Balaban J connectivity index is 1.69.